The number of amides is 2. The predicted octanol–water partition coefficient (Wildman–Crippen LogP) is 1.59. The highest BCUT2D eigenvalue weighted by Gasteiger charge is 2.36. The van der Waals surface area contributed by atoms with E-state index >= 15 is 0 Å². The summed E-state index contributed by atoms with van der Waals surface area (Å²) in [5.74, 6) is 0. The average molecular weight is 228 g/mol. The number of nitrogens with one attached hydrogen (secondary N) is 1. The fourth-order valence-electron chi connectivity index (χ4n) is 1.97. The molecular formula is C12H24N2O2. The molecule has 0 heterocycles. The summed E-state index contributed by atoms with van der Waals surface area (Å²) in [6.07, 6.45) is 3.57. The van der Waals surface area contributed by atoms with Gasteiger partial charge in [-0.25, -0.2) is 4.79 Å². The lowest BCUT2D eigenvalue weighted by Crippen LogP contribution is -2.48. The highest BCUT2D eigenvalue weighted by Crippen LogP contribution is 2.39. The molecule has 0 aromatic heterocycles. The molecule has 0 unspecified atom stereocenters. The lowest BCUT2D eigenvalue weighted by Gasteiger charge is -2.40. The Bertz CT molecular complexity index is 252. The first-order valence-corrected chi connectivity index (χ1v) is 5.92. The quantitative estimate of drug-likeness (QED) is 0.754. The molecule has 4 nitrogen and oxygen atoms in total. The zero-order valence-corrected chi connectivity index (χ0v) is 10.8. The van der Waals surface area contributed by atoms with Crippen LogP contribution in [0.5, 0.6) is 0 Å². The third-order valence-corrected chi connectivity index (χ3v) is 3.51. The minimum absolute atomic E-state index is 0.141. The number of carbonyl (C=O) groups is 1. The fourth-order valence-corrected chi connectivity index (χ4v) is 1.97. The van der Waals surface area contributed by atoms with Gasteiger partial charge in [-0.1, -0.05) is 13.8 Å². The number of rotatable bonds is 2. The molecule has 94 valence electrons. The van der Waals surface area contributed by atoms with Gasteiger partial charge in [0.05, 0.1) is 5.60 Å². The second kappa shape index (κ2) is 4.62. The number of aliphatic hydroxyl groups is 1. The van der Waals surface area contributed by atoms with Gasteiger partial charge in [-0.3, -0.25) is 0 Å². The molecule has 0 saturated heterocycles. The Morgan fingerprint density at radius 1 is 1.25 bits per heavy atom. The van der Waals surface area contributed by atoms with Crippen LogP contribution in [0.3, 0.4) is 0 Å². The first kappa shape index (κ1) is 13.3. The molecule has 4 heteroatoms. The van der Waals surface area contributed by atoms with Gasteiger partial charge < -0.3 is 15.3 Å². The monoisotopic (exact) mass is 228 g/mol. The number of hydrogen-bond acceptors (Lipinski definition) is 2. The standard InChI is InChI=1S/C12H24N2O2/c1-11(2)5-7-12(16,8-6-11)9-13-10(15)14(3)4/h16H,5-9H2,1-4H3,(H,13,15). The number of nitrogens with zero attached hydrogens (tertiary/aromatic N) is 1. The number of carbonyl (C=O) groups excluding carboxylic acids is 1. The maximum atomic E-state index is 11.4. The van der Waals surface area contributed by atoms with E-state index < -0.39 is 5.60 Å². The van der Waals surface area contributed by atoms with Crippen LogP contribution < -0.4 is 5.32 Å². The second-order valence-electron chi connectivity index (χ2n) is 5.94. The van der Waals surface area contributed by atoms with Crippen molar-refractivity contribution in [3.05, 3.63) is 0 Å². The Morgan fingerprint density at radius 2 is 1.75 bits per heavy atom. The van der Waals surface area contributed by atoms with Gasteiger partial charge in [-0.15, -0.1) is 0 Å². The Balaban J connectivity index is 2.40. The summed E-state index contributed by atoms with van der Waals surface area (Å²) in [5.41, 5.74) is -0.376. The van der Waals surface area contributed by atoms with Gasteiger partial charge in [-0.05, 0) is 31.1 Å². The molecule has 0 spiro atoms. The maximum Gasteiger partial charge on any atom is 0.316 e. The minimum atomic E-state index is -0.707. The van der Waals surface area contributed by atoms with Gasteiger partial charge >= 0.3 is 6.03 Å². The highest BCUT2D eigenvalue weighted by atomic mass is 16.3. The number of hydrogen-bond donors (Lipinski definition) is 2. The van der Waals surface area contributed by atoms with E-state index in [9.17, 15) is 9.90 Å². The van der Waals surface area contributed by atoms with Crippen LogP contribution in [-0.4, -0.2) is 42.3 Å². The molecule has 0 aromatic carbocycles. The van der Waals surface area contributed by atoms with E-state index in [1.807, 2.05) is 0 Å². The molecule has 2 amide bonds. The minimum Gasteiger partial charge on any atom is -0.388 e. The summed E-state index contributed by atoms with van der Waals surface area (Å²) in [7, 11) is 3.40. The van der Waals surface area contributed by atoms with E-state index in [0.717, 1.165) is 25.7 Å². The molecule has 0 aromatic rings. The highest BCUT2D eigenvalue weighted by molar-refractivity contribution is 5.73. The van der Waals surface area contributed by atoms with Gasteiger partial charge in [-0.2, -0.15) is 0 Å². The Kier molecular flexibility index (Phi) is 3.84. The second-order valence-corrected chi connectivity index (χ2v) is 5.94. The van der Waals surface area contributed by atoms with E-state index in [4.69, 9.17) is 0 Å². The van der Waals surface area contributed by atoms with Crippen molar-refractivity contribution in [1.29, 1.82) is 0 Å². The zero-order chi connectivity index (χ0) is 12.4. The van der Waals surface area contributed by atoms with Crippen molar-refractivity contribution in [2.75, 3.05) is 20.6 Å². The molecule has 0 bridgehead atoms. The normalized spacial score (nSPS) is 22.6. The van der Waals surface area contributed by atoms with Gasteiger partial charge in [0.1, 0.15) is 0 Å². The van der Waals surface area contributed by atoms with Crippen LogP contribution in [0, 0.1) is 5.41 Å². The van der Waals surface area contributed by atoms with Gasteiger partial charge in [0.15, 0.2) is 0 Å². The van der Waals surface area contributed by atoms with Crippen LogP contribution in [0.1, 0.15) is 39.5 Å². The first-order chi connectivity index (χ1) is 7.24. The topological polar surface area (TPSA) is 52.6 Å². The van der Waals surface area contributed by atoms with Crippen LogP contribution in [0.2, 0.25) is 0 Å². The largest absolute Gasteiger partial charge is 0.388 e. The fraction of sp³-hybridized carbons (Fsp3) is 0.917. The summed E-state index contributed by atoms with van der Waals surface area (Å²) in [6.45, 7) is 4.82. The van der Waals surface area contributed by atoms with Crippen LogP contribution in [0.25, 0.3) is 0 Å². The van der Waals surface area contributed by atoms with E-state index in [1.54, 1.807) is 14.1 Å². The SMILES string of the molecule is CN(C)C(=O)NCC1(O)CCC(C)(C)CC1. The summed E-state index contributed by atoms with van der Waals surface area (Å²) >= 11 is 0. The van der Waals surface area contributed by atoms with Crippen LogP contribution in [-0.2, 0) is 0 Å². The van der Waals surface area contributed by atoms with Crippen molar-refractivity contribution in [2.45, 2.75) is 45.1 Å². The van der Waals surface area contributed by atoms with Gasteiger partial charge in [0.2, 0.25) is 0 Å². The summed E-state index contributed by atoms with van der Waals surface area (Å²) in [6, 6.07) is -0.141. The third-order valence-electron chi connectivity index (χ3n) is 3.51. The summed E-state index contributed by atoms with van der Waals surface area (Å²) in [4.78, 5) is 12.8. The smallest absolute Gasteiger partial charge is 0.316 e. The van der Waals surface area contributed by atoms with Crippen molar-refractivity contribution in [3.63, 3.8) is 0 Å². The third kappa shape index (κ3) is 3.67. The average Bonchev–Trinajstić information content (AvgIpc) is 2.20. The molecule has 1 saturated carbocycles. The van der Waals surface area contributed by atoms with Crippen LogP contribution in [0.4, 0.5) is 4.79 Å². The zero-order valence-electron chi connectivity index (χ0n) is 10.8. The van der Waals surface area contributed by atoms with Crippen molar-refractivity contribution < 1.29 is 9.90 Å². The molecule has 1 aliphatic carbocycles. The lowest BCUT2D eigenvalue weighted by molar-refractivity contribution is -0.0227. The predicted molar refractivity (Wildman–Crippen MR) is 64.3 cm³/mol. The summed E-state index contributed by atoms with van der Waals surface area (Å²) < 4.78 is 0. The van der Waals surface area contributed by atoms with E-state index in [-0.39, 0.29) is 6.03 Å². The lowest BCUT2D eigenvalue weighted by atomic mass is 9.71. The van der Waals surface area contributed by atoms with E-state index in [0.29, 0.717) is 12.0 Å². The van der Waals surface area contributed by atoms with E-state index in [1.165, 1.54) is 4.90 Å². The van der Waals surface area contributed by atoms with E-state index in [2.05, 4.69) is 19.2 Å². The molecular weight excluding hydrogens is 204 g/mol. The van der Waals surface area contributed by atoms with Gasteiger partial charge in [0, 0.05) is 20.6 Å². The molecule has 0 atom stereocenters. The van der Waals surface area contributed by atoms with Crippen molar-refractivity contribution >= 4 is 6.03 Å². The van der Waals surface area contributed by atoms with Crippen molar-refractivity contribution in [3.8, 4) is 0 Å². The van der Waals surface area contributed by atoms with Gasteiger partial charge in [0.25, 0.3) is 0 Å². The summed E-state index contributed by atoms with van der Waals surface area (Å²) in [5, 5.41) is 13.1. The van der Waals surface area contributed by atoms with Crippen molar-refractivity contribution in [2.24, 2.45) is 5.41 Å². The Hall–Kier alpha value is -0.770. The van der Waals surface area contributed by atoms with Crippen LogP contribution in [0.15, 0.2) is 0 Å². The molecule has 1 rings (SSSR count). The first-order valence-electron chi connectivity index (χ1n) is 5.92. The molecule has 0 aliphatic heterocycles. The Labute approximate surface area is 98.0 Å². The van der Waals surface area contributed by atoms with Crippen LogP contribution >= 0.6 is 0 Å². The van der Waals surface area contributed by atoms with Crippen molar-refractivity contribution in [1.82, 2.24) is 10.2 Å². The molecule has 0 radical (unpaired) electrons. The molecule has 16 heavy (non-hydrogen) atoms. The molecule has 2 N–H and O–H groups in total. The number of urea groups is 1. The maximum absolute atomic E-state index is 11.4. The Morgan fingerprint density at radius 3 is 2.19 bits per heavy atom. The molecule has 1 fully saturated rings. The molecule has 1 aliphatic rings.